The van der Waals surface area contributed by atoms with E-state index in [1.54, 1.807) is 6.92 Å². The number of halogens is 2. The number of aliphatic hydroxyl groups excluding tert-OH is 1. The fourth-order valence-corrected chi connectivity index (χ4v) is 3.36. The Hall–Kier alpha value is -0.700. The first-order chi connectivity index (χ1) is 8.27. The van der Waals surface area contributed by atoms with Gasteiger partial charge >= 0.3 is 0 Å². The van der Waals surface area contributed by atoms with Gasteiger partial charge in [0.1, 0.15) is 5.82 Å². The van der Waals surface area contributed by atoms with Crippen molar-refractivity contribution in [3.8, 4) is 0 Å². The topological polar surface area (TPSA) is 92.4 Å². The molecule has 1 aromatic rings. The lowest BCUT2D eigenvalue weighted by Gasteiger charge is -2.12. The SMILES string of the molecule is CC(CO)CNS(=O)(=O)c1cc(N)c(F)cc1Br. The quantitative estimate of drug-likeness (QED) is 0.699. The van der Waals surface area contributed by atoms with E-state index >= 15 is 0 Å². The lowest BCUT2D eigenvalue weighted by atomic mass is 10.2. The zero-order chi connectivity index (χ0) is 13.9. The highest BCUT2D eigenvalue weighted by Crippen LogP contribution is 2.26. The molecular weight excluding hydrogens is 327 g/mol. The molecule has 0 amide bonds. The summed E-state index contributed by atoms with van der Waals surface area (Å²) in [5, 5.41) is 8.82. The number of sulfonamides is 1. The molecule has 0 aromatic heterocycles. The molecule has 18 heavy (non-hydrogen) atoms. The van der Waals surface area contributed by atoms with E-state index in [1.807, 2.05) is 0 Å². The van der Waals surface area contributed by atoms with Crippen molar-refractivity contribution in [2.75, 3.05) is 18.9 Å². The predicted octanol–water partition coefficient (Wildman–Crippen LogP) is 1.08. The third kappa shape index (κ3) is 3.64. The van der Waals surface area contributed by atoms with Crippen LogP contribution in [0.3, 0.4) is 0 Å². The molecule has 0 aliphatic carbocycles. The second kappa shape index (κ2) is 5.96. The molecule has 0 heterocycles. The Balaban J connectivity index is 3.02. The van der Waals surface area contributed by atoms with E-state index in [0.717, 1.165) is 12.1 Å². The van der Waals surface area contributed by atoms with Crippen LogP contribution in [-0.2, 0) is 10.0 Å². The smallest absolute Gasteiger partial charge is 0.241 e. The second-order valence-corrected chi connectivity index (χ2v) is 6.53. The summed E-state index contributed by atoms with van der Waals surface area (Å²) in [7, 11) is -3.79. The van der Waals surface area contributed by atoms with Crippen molar-refractivity contribution < 1.29 is 17.9 Å². The third-order valence-corrected chi connectivity index (χ3v) is 4.66. The lowest BCUT2D eigenvalue weighted by molar-refractivity contribution is 0.238. The molecular formula is C10H14BrFN2O3S. The predicted molar refractivity (Wildman–Crippen MR) is 70.0 cm³/mol. The minimum atomic E-state index is -3.79. The normalized spacial score (nSPS) is 13.6. The summed E-state index contributed by atoms with van der Waals surface area (Å²) >= 11 is 2.98. The first-order valence-electron chi connectivity index (χ1n) is 5.13. The molecule has 1 unspecified atom stereocenters. The van der Waals surface area contributed by atoms with E-state index in [9.17, 15) is 12.8 Å². The Morgan fingerprint density at radius 1 is 1.56 bits per heavy atom. The number of hydrogen-bond donors (Lipinski definition) is 3. The van der Waals surface area contributed by atoms with Crippen molar-refractivity contribution in [3.05, 3.63) is 22.4 Å². The van der Waals surface area contributed by atoms with Crippen molar-refractivity contribution in [1.29, 1.82) is 0 Å². The first kappa shape index (κ1) is 15.4. The largest absolute Gasteiger partial charge is 0.396 e. The Labute approximate surface area is 113 Å². The highest BCUT2D eigenvalue weighted by Gasteiger charge is 2.20. The molecule has 1 rings (SSSR count). The lowest BCUT2D eigenvalue weighted by Crippen LogP contribution is -2.30. The van der Waals surface area contributed by atoms with Crippen molar-refractivity contribution in [1.82, 2.24) is 4.72 Å². The molecule has 0 bridgehead atoms. The van der Waals surface area contributed by atoms with Crippen LogP contribution in [0.5, 0.6) is 0 Å². The summed E-state index contributed by atoms with van der Waals surface area (Å²) in [6, 6.07) is 2.05. The molecule has 0 radical (unpaired) electrons. The number of benzene rings is 1. The van der Waals surface area contributed by atoms with Crippen LogP contribution < -0.4 is 10.5 Å². The molecule has 0 spiro atoms. The first-order valence-corrected chi connectivity index (χ1v) is 7.40. The van der Waals surface area contributed by atoms with Gasteiger partial charge in [-0.2, -0.15) is 0 Å². The van der Waals surface area contributed by atoms with Crippen molar-refractivity contribution in [2.24, 2.45) is 5.92 Å². The summed E-state index contributed by atoms with van der Waals surface area (Å²) < 4.78 is 39.4. The van der Waals surface area contributed by atoms with Crippen molar-refractivity contribution >= 4 is 31.6 Å². The summed E-state index contributed by atoms with van der Waals surface area (Å²) in [6.45, 7) is 1.65. The van der Waals surface area contributed by atoms with E-state index in [1.165, 1.54) is 0 Å². The van der Waals surface area contributed by atoms with E-state index in [-0.39, 0.29) is 34.1 Å². The highest BCUT2D eigenvalue weighted by atomic mass is 79.9. The second-order valence-electron chi connectivity index (χ2n) is 3.94. The Bertz CT molecular complexity index is 536. The van der Waals surface area contributed by atoms with Crippen LogP contribution in [-0.4, -0.2) is 26.7 Å². The van der Waals surface area contributed by atoms with E-state index in [4.69, 9.17) is 10.8 Å². The zero-order valence-corrected chi connectivity index (χ0v) is 12.1. The standard InChI is InChI=1S/C10H14BrFN2O3S/c1-6(5-15)4-14-18(16,17)10-3-9(13)8(12)2-7(10)11/h2-3,6,14-15H,4-5,13H2,1H3. The van der Waals surface area contributed by atoms with Gasteiger partial charge in [-0.15, -0.1) is 0 Å². The van der Waals surface area contributed by atoms with Crippen LogP contribution >= 0.6 is 15.9 Å². The molecule has 1 atom stereocenters. The van der Waals surface area contributed by atoms with Gasteiger partial charge < -0.3 is 10.8 Å². The number of hydrogen-bond acceptors (Lipinski definition) is 4. The van der Waals surface area contributed by atoms with E-state index in [2.05, 4.69) is 20.7 Å². The van der Waals surface area contributed by atoms with Gasteiger partial charge in [0.2, 0.25) is 10.0 Å². The third-order valence-electron chi connectivity index (χ3n) is 2.27. The highest BCUT2D eigenvalue weighted by molar-refractivity contribution is 9.10. The molecule has 0 saturated heterocycles. The van der Waals surface area contributed by atoms with Crippen LogP contribution in [0.4, 0.5) is 10.1 Å². The maximum absolute atomic E-state index is 13.1. The van der Waals surface area contributed by atoms with Crippen LogP contribution in [0.1, 0.15) is 6.92 Å². The molecule has 0 saturated carbocycles. The fourth-order valence-electron chi connectivity index (χ4n) is 1.15. The average molecular weight is 341 g/mol. The molecule has 1 aromatic carbocycles. The Kier molecular flexibility index (Phi) is 5.09. The summed E-state index contributed by atoms with van der Waals surface area (Å²) in [5.41, 5.74) is 5.10. The van der Waals surface area contributed by atoms with Crippen molar-refractivity contribution in [2.45, 2.75) is 11.8 Å². The van der Waals surface area contributed by atoms with Crippen LogP contribution in [0.25, 0.3) is 0 Å². The number of nitrogens with two attached hydrogens (primary N) is 1. The number of aliphatic hydroxyl groups is 1. The summed E-state index contributed by atoms with van der Waals surface area (Å²) in [6.07, 6.45) is 0. The van der Waals surface area contributed by atoms with Gasteiger partial charge in [0.05, 0.1) is 10.6 Å². The van der Waals surface area contributed by atoms with Crippen LogP contribution in [0, 0.1) is 11.7 Å². The van der Waals surface area contributed by atoms with Gasteiger partial charge in [-0.05, 0) is 34.0 Å². The summed E-state index contributed by atoms with van der Waals surface area (Å²) in [4.78, 5) is -0.133. The molecule has 8 heteroatoms. The monoisotopic (exact) mass is 340 g/mol. The maximum Gasteiger partial charge on any atom is 0.241 e. The van der Waals surface area contributed by atoms with Gasteiger partial charge in [0, 0.05) is 17.6 Å². The van der Waals surface area contributed by atoms with Crippen LogP contribution in [0.15, 0.2) is 21.5 Å². The summed E-state index contributed by atoms with van der Waals surface area (Å²) in [5.74, 6) is -0.902. The zero-order valence-electron chi connectivity index (χ0n) is 9.65. The fraction of sp³-hybridized carbons (Fsp3) is 0.400. The van der Waals surface area contributed by atoms with Gasteiger partial charge in [-0.3, -0.25) is 0 Å². The molecule has 0 aliphatic heterocycles. The molecule has 4 N–H and O–H groups in total. The Morgan fingerprint density at radius 2 is 2.17 bits per heavy atom. The molecule has 0 fully saturated rings. The Morgan fingerprint density at radius 3 is 2.72 bits per heavy atom. The number of anilines is 1. The average Bonchev–Trinajstić information content (AvgIpc) is 2.30. The van der Waals surface area contributed by atoms with Gasteiger partial charge in [0.25, 0.3) is 0 Å². The number of rotatable bonds is 5. The van der Waals surface area contributed by atoms with E-state index in [0.29, 0.717) is 0 Å². The van der Waals surface area contributed by atoms with Gasteiger partial charge in [-0.25, -0.2) is 17.5 Å². The number of nitrogens with one attached hydrogen (secondary N) is 1. The number of nitrogen functional groups attached to an aromatic ring is 1. The molecule has 0 aliphatic rings. The maximum atomic E-state index is 13.1. The van der Waals surface area contributed by atoms with Crippen molar-refractivity contribution in [3.63, 3.8) is 0 Å². The molecule has 102 valence electrons. The van der Waals surface area contributed by atoms with Crippen LogP contribution in [0.2, 0.25) is 0 Å². The minimum absolute atomic E-state index is 0.0859. The van der Waals surface area contributed by atoms with Gasteiger partial charge in [-0.1, -0.05) is 6.92 Å². The van der Waals surface area contributed by atoms with E-state index < -0.39 is 15.8 Å². The van der Waals surface area contributed by atoms with Gasteiger partial charge in [0.15, 0.2) is 0 Å². The minimum Gasteiger partial charge on any atom is -0.396 e. The molecule has 5 nitrogen and oxygen atoms in total.